The Morgan fingerprint density at radius 3 is 2.65 bits per heavy atom. The Hall–Kier alpha value is -1.14. The number of methoxy groups -OCH3 is 1. The number of hydrogen-bond donors (Lipinski definition) is 1. The van der Waals surface area contributed by atoms with Crippen LogP contribution in [0.25, 0.3) is 0 Å². The molecular weight excluding hydrogens is 224 g/mol. The van der Waals surface area contributed by atoms with Crippen LogP contribution in [-0.2, 0) is 19.1 Å². The smallest absolute Gasteiger partial charge is 0.248 e. The van der Waals surface area contributed by atoms with Crippen molar-refractivity contribution in [3.8, 4) is 0 Å². The number of amides is 2. The number of rotatable bonds is 5. The van der Waals surface area contributed by atoms with Gasteiger partial charge in [0.1, 0.15) is 6.10 Å². The Morgan fingerprint density at radius 1 is 1.41 bits per heavy atom. The van der Waals surface area contributed by atoms with E-state index in [1.165, 1.54) is 7.11 Å². The molecule has 6 heteroatoms. The monoisotopic (exact) mass is 244 g/mol. The van der Waals surface area contributed by atoms with E-state index in [-0.39, 0.29) is 11.8 Å². The molecule has 1 N–H and O–H groups in total. The van der Waals surface area contributed by atoms with Crippen molar-refractivity contribution in [1.82, 2.24) is 10.2 Å². The van der Waals surface area contributed by atoms with Gasteiger partial charge in [0.05, 0.1) is 13.2 Å². The molecule has 1 saturated heterocycles. The average molecular weight is 244 g/mol. The third kappa shape index (κ3) is 4.70. The first-order chi connectivity index (χ1) is 8.15. The molecule has 0 bridgehead atoms. The highest BCUT2D eigenvalue weighted by molar-refractivity contribution is 5.81. The minimum Gasteiger partial charge on any atom is -0.378 e. The Bertz CT molecular complexity index is 264. The summed E-state index contributed by atoms with van der Waals surface area (Å²) in [5.41, 5.74) is 0. The zero-order chi connectivity index (χ0) is 12.7. The molecule has 1 aliphatic heterocycles. The largest absolute Gasteiger partial charge is 0.378 e. The van der Waals surface area contributed by atoms with E-state index in [9.17, 15) is 9.59 Å². The van der Waals surface area contributed by atoms with Gasteiger partial charge in [-0.1, -0.05) is 0 Å². The number of ether oxygens (including phenoxy) is 2. The van der Waals surface area contributed by atoms with Crippen LogP contribution in [0.15, 0.2) is 0 Å². The van der Waals surface area contributed by atoms with Crippen LogP contribution in [0.3, 0.4) is 0 Å². The summed E-state index contributed by atoms with van der Waals surface area (Å²) in [5, 5.41) is 2.66. The van der Waals surface area contributed by atoms with Crippen LogP contribution >= 0.6 is 0 Å². The summed E-state index contributed by atoms with van der Waals surface area (Å²) < 4.78 is 10.0. The SMILES string of the molecule is COC(C)C(=O)NCCC(=O)N1CCOCC1. The molecule has 1 atom stereocenters. The molecule has 1 rings (SSSR count). The van der Waals surface area contributed by atoms with Crippen LogP contribution in [0, 0.1) is 0 Å². The summed E-state index contributed by atoms with van der Waals surface area (Å²) in [4.78, 5) is 24.8. The van der Waals surface area contributed by atoms with E-state index in [1.807, 2.05) is 0 Å². The Balaban J connectivity index is 2.17. The van der Waals surface area contributed by atoms with Gasteiger partial charge < -0.3 is 19.7 Å². The van der Waals surface area contributed by atoms with Crippen molar-refractivity contribution in [1.29, 1.82) is 0 Å². The molecule has 1 heterocycles. The second kappa shape index (κ2) is 7.24. The fourth-order valence-corrected chi connectivity index (χ4v) is 1.51. The van der Waals surface area contributed by atoms with Crippen LogP contribution < -0.4 is 5.32 Å². The first-order valence-corrected chi connectivity index (χ1v) is 5.81. The normalized spacial score (nSPS) is 17.6. The molecule has 98 valence electrons. The van der Waals surface area contributed by atoms with Crippen LogP contribution in [0.1, 0.15) is 13.3 Å². The maximum atomic E-state index is 11.7. The van der Waals surface area contributed by atoms with E-state index in [0.717, 1.165) is 0 Å². The molecule has 1 fully saturated rings. The van der Waals surface area contributed by atoms with Gasteiger partial charge in [-0.05, 0) is 6.92 Å². The van der Waals surface area contributed by atoms with Crippen LogP contribution in [-0.4, -0.2) is 62.8 Å². The Labute approximate surface area is 101 Å². The van der Waals surface area contributed by atoms with Crippen molar-refractivity contribution in [3.63, 3.8) is 0 Å². The predicted molar refractivity (Wildman–Crippen MR) is 61.5 cm³/mol. The summed E-state index contributed by atoms with van der Waals surface area (Å²) in [6.07, 6.45) is -0.157. The topological polar surface area (TPSA) is 67.9 Å². The van der Waals surface area contributed by atoms with Gasteiger partial charge in [0.15, 0.2) is 0 Å². The van der Waals surface area contributed by atoms with E-state index < -0.39 is 6.10 Å². The number of carbonyl (C=O) groups excluding carboxylic acids is 2. The summed E-state index contributed by atoms with van der Waals surface area (Å²) in [7, 11) is 1.48. The lowest BCUT2D eigenvalue weighted by Gasteiger charge is -2.26. The highest BCUT2D eigenvalue weighted by Crippen LogP contribution is 1.99. The maximum Gasteiger partial charge on any atom is 0.248 e. The third-order valence-corrected chi connectivity index (χ3v) is 2.72. The van der Waals surface area contributed by atoms with E-state index in [1.54, 1.807) is 11.8 Å². The highest BCUT2D eigenvalue weighted by atomic mass is 16.5. The van der Waals surface area contributed by atoms with Gasteiger partial charge >= 0.3 is 0 Å². The van der Waals surface area contributed by atoms with Crippen molar-refractivity contribution in [2.45, 2.75) is 19.4 Å². The number of morpholine rings is 1. The quantitative estimate of drug-likeness (QED) is 0.700. The summed E-state index contributed by atoms with van der Waals surface area (Å²) in [6, 6.07) is 0. The number of hydrogen-bond acceptors (Lipinski definition) is 4. The summed E-state index contributed by atoms with van der Waals surface area (Å²) >= 11 is 0. The minimum absolute atomic E-state index is 0.0543. The fraction of sp³-hybridized carbons (Fsp3) is 0.818. The van der Waals surface area contributed by atoms with Gasteiger partial charge in [-0.25, -0.2) is 0 Å². The summed E-state index contributed by atoms with van der Waals surface area (Å²) in [6.45, 7) is 4.49. The highest BCUT2D eigenvalue weighted by Gasteiger charge is 2.17. The zero-order valence-corrected chi connectivity index (χ0v) is 10.4. The van der Waals surface area contributed by atoms with Crippen molar-refractivity contribution in [2.75, 3.05) is 40.0 Å². The van der Waals surface area contributed by atoms with Crippen molar-refractivity contribution in [2.24, 2.45) is 0 Å². The molecule has 0 aliphatic carbocycles. The first kappa shape index (κ1) is 13.9. The standard InChI is InChI=1S/C11H20N2O4/c1-9(16-2)11(15)12-4-3-10(14)13-5-7-17-8-6-13/h9H,3-8H2,1-2H3,(H,12,15). The summed E-state index contributed by atoms with van der Waals surface area (Å²) in [5.74, 6) is -0.138. The van der Waals surface area contributed by atoms with Crippen LogP contribution in [0.2, 0.25) is 0 Å². The molecule has 6 nitrogen and oxygen atoms in total. The molecule has 1 aliphatic rings. The minimum atomic E-state index is -0.478. The second-order valence-corrected chi connectivity index (χ2v) is 3.91. The molecule has 0 saturated carbocycles. The lowest BCUT2D eigenvalue weighted by molar-refractivity contribution is -0.135. The number of nitrogens with zero attached hydrogens (tertiary/aromatic N) is 1. The van der Waals surface area contributed by atoms with Crippen LogP contribution in [0.4, 0.5) is 0 Å². The van der Waals surface area contributed by atoms with Gasteiger partial charge in [0.2, 0.25) is 11.8 Å². The van der Waals surface area contributed by atoms with E-state index >= 15 is 0 Å². The second-order valence-electron chi connectivity index (χ2n) is 3.91. The Kier molecular flexibility index (Phi) is 5.93. The van der Waals surface area contributed by atoms with Gasteiger partial charge in [-0.3, -0.25) is 9.59 Å². The molecule has 0 radical (unpaired) electrons. The van der Waals surface area contributed by atoms with E-state index in [4.69, 9.17) is 9.47 Å². The van der Waals surface area contributed by atoms with Gasteiger partial charge in [-0.2, -0.15) is 0 Å². The molecule has 2 amide bonds. The molecule has 17 heavy (non-hydrogen) atoms. The predicted octanol–water partition coefficient (Wildman–Crippen LogP) is -0.614. The maximum absolute atomic E-state index is 11.7. The third-order valence-electron chi connectivity index (χ3n) is 2.72. The average Bonchev–Trinajstić information content (AvgIpc) is 2.38. The van der Waals surface area contributed by atoms with Crippen LogP contribution in [0.5, 0.6) is 0 Å². The van der Waals surface area contributed by atoms with E-state index in [2.05, 4.69) is 5.32 Å². The molecule has 0 aromatic heterocycles. The van der Waals surface area contributed by atoms with Crippen molar-refractivity contribution >= 4 is 11.8 Å². The molecule has 0 spiro atoms. The number of nitrogens with one attached hydrogen (secondary N) is 1. The molecule has 1 unspecified atom stereocenters. The number of carbonyl (C=O) groups is 2. The zero-order valence-electron chi connectivity index (χ0n) is 10.4. The van der Waals surface area contributed by atoms with Crippen molar-refractivity contribution < 1.29 is 19.1 Å². The van der Waals surface area contributed by atoms with Gasteiger partial charge in [0.25, 0.3) is 0 Å². The first-order valence-electron chi connectivity index (χ1n) is 5.81. The fourth-order valence-electron chi connectivity index (χ4n) is 1.51. The molecular formula is C11H20N2O4. The van der Waals surface area contributed by atoms with E-state index in [0.29, 0.717) is 39.3 Å². The molecule has 0 aromatic rings. The lowest BCUT2D eigenvalue weighted by Crippen LogP contribution is -2.42. The van der Waals surface area contributed by atoms with Gasteiger partial charge in [-0.15, -0.1) is 0 Å². The van der Waals surface area contributed by atoms with Crippen molar-refractivity contribution in [3.05, 3.63) is 0 Å². The Morgan fingerprint density at radius 2 is 2.06 bits per heavy atom. The van der Waals surface area contributed by atoms with Gasteiger partial charge in [0, 0.05) is 33.2 Å². The lowest BCUT2D eigenvalue weighted by atomic mass is 10.3. The molecule has 0 aromatic carbocycles.